The van der Waals surface area contributed by atoms with Crippen LogP contribution in [-0.4, -0.2) is 53.2 Å². The predicted molar refractivity (Wildman–Crippen MR) is 98.8 cm³/mol. The Labute approximate surface area is 153 Å². The summed E-state index contributed by atoms with van der Waals surface area (Å²) >= 11 is 3.41. The fourth-order valence-electron chi connectivity index (χ4n) is 3.06. The quantitative estimate of drug-likeness (QED) is 0.722. The fraction of sp³-hybridized carbons (Fsp3) is 0.667. The van der Waals surface area contributed by atoms with E-state index < -0.39 is 5.60 Å². The lowest BCUT2D eigenvalue weighted by atomic mass is 9.97. The van der Waals surface area contributed by atoms with E-state index in [1.54, 1.807) is 0 Å². The molecule has 1 aromatic rings. The van der Waals surface area contributed by atoms with Gasteiger partial charge in [-0.15, -0.1) is 0 Å². The third-order valence-electron chi connectivity index (χ3n) is 3.98. The molecule has 0 aromatic carbocycles. The Morgan fingerprint density at radius 2 is 2.25 bits per heavy atom. The summed E-state index contributed by atoms with van der Waals surface area (Å²) in [5.41, 5.74) is 0.800. The number of carbonyl (C=O) groups excluding carboxylic acids is 1. The van der Waals surface area contributed by atoms with E-state index in [2.05, 4.69) is 32.9 Å². The van der Waals surface area contributed by atoms with Crippen LogP contribution in [0.2, 0.25) is 0 Å². The van der Waals surface area contributed by atoms with Gasteiger partial charge in [-0.3, -0.25) is 0 Å². The first kappa shape index (κ1) is 19.2. The zero-order valence-electron chi connectivity index (χ0n) is 15.1. The Kier molecular flexibility index (Phi) is 6.63. The molecule has 1 amide bonds. The summed E-state index contributed by atoms with van der Waals surface area (Å²) in [4.78, 5) is 20.6. The van der Waals surface area contributed by atoms with E-state index in [1.165, 1.54) is 5.56 Å². The molecule has 6 heteroatoms. The van der Waals surface area contributed by atoms with Crippen LogP contribution >= 0.6 is 15.9 Å². The first-order valence-electron chi connectivity index (χ1n) is 8.50. The molecule has 0 aliphatic carbocycles. The summed E-state index contributed by atoms with van der Waals surface area (Å²) in [5, 5.41) is 0. The number of hydrogen-bond acceptors (Lipinski definition) is 4. The molecule has 2 rings (SSSR count). The van der Waals surface area contributed by atoms with Gasteiger partial charge in [0.25, 0.3) is 0 Å². The maximum Gasteiger partial charge on any atom is 0.410 e. The number of nitrogens with zero attached hydrogens (tertiary/aromatic N) is 3. The number of piperidine rings is 1. The number of likely N-dealkylation sites (tertiary alicyclic amines) is 1. The van der Waals surface area contributed by atoms with Gasteiger partial charge in [0.1, 0.15) is 10.2 Å². The summed E-state index contributed by atoms with van der Waals surface area (Å²) in [6.07, 6.45) is 3.83. The molecule has 1 saturated heterocycles. The van der Waals surface area contributed by atoms with Crippen LogP contribution in [0.4, 0.5) is 4.79 Å². The van der Waals surface area contributed by atoms with Crippen molar-refractivity contribution in [2.45, 2.75) is 45.8 Å². The minimum Gasteiger partial charge on any atom is -0.444 e. The van der Waals surface area contributed by atoms with E-state index in [0.29, 0.717) is 5.92 Å². The summed E-state index contributed by atoms with van der Waals surface area (Å²) < 4.78 is 6.36. The molecular formula is C18H28BrN3O2. The molecule has 1 aromatic heterocycles. The van der Waals surface area contributed by atoms with Crippen molar-refractivity contribution in [2.75, 3.05) is 26.7 Å². The normalized spacial score (nSPS) is 18.8. The number of rotatable bonds is 4. The van der Waals surface area contributed by atoms with Gasteiger partial charge in [0.15, 0.2) is 0 Å². The van der Waals surface area contributed by atoms with E-state index in [4.69, 9.17) is 4.74 Å². The minimum absolute atomic E-state index is 0.187. The summed E-state index contributed by atoms with van der Waals surface area (Å²) in [6, 6.07) is 4.08. The van der Waals surface area contributed by atoms with Gasteiger partial charge < -0.3 is 14.5 Å². The largest absolute Gasteiger partial charge is 0.444 e. The number of halogens is 1. The van der Waals surface area contributed by atoms with E-state index >= 15 is 0 Å². The molecule has 0 saturated carbocycles. The standard InChI is InChI=1S/C18H28BrN3O2/c1-18(2,3)24-17(23)22-9-5-6-15(13-22)12-21(4)11-14-7-8-20-16(19)10-14/h7-8,10,15H,5-6,9,11-13H2,1-4H3. The van der Waals surface area contributed by atoms with E-state index in [-0.39, 0.29) is 6.09 Å². The number of aromatic nitrogens is 1. The highest BCUT2D eigenvalue weighted by atomic mass is 79.9. The molecule has 1 unspecified atom stereocenters. The van der Waals surface area contributed by atoms with Crippen LogP contribution in [0.25, 0.3) is 0 Å². The van der Waals surface area contributed by atoms with Gasteiger partial charge in [0.2, 0.25) is 0 Å². The van der Waals surface area contributed by atoms with E-state index in [9.17, 15) is 4.79 Å². The van der Waals surface area contributed by atoms with Crippen molar-refractivity contribution < 1.29 is 9.53 Å². The van der Waals surface area contributed by atoms with Gasteiger partial charge in [-0.05, 0) is 80.2 Å². The van der Waals surface area contributed by atoms with Crippen LogP contribution in [0.1, 0.15) is 39.2 Å². The highest BCUT2D eigenvalue weighted by Gasteiger charge is 2.28. The lowest BCUT2D eigenvalue weighted by molar-refractivity contribution is 0.0148. The van der Waals surface area contributed by atoms with Gasteiger partial charge in [-0.2, -0.15) is 0 Å². The van der Waals surface area contributed by atoms with Crippen molar-refractivity contribution in [2.24, 2.45) is 5.92 Å². The highest BCUT2D eigenvalue weighted by Crippen LogP contribution is 2.21. The smallest absolute Gasteiger partial charge is 0.410 e. The molecule has 0 bridgehead atoms. The maximum atomic E-state index is 12.3. The minimum atomic E-state index is -0.435. The zero-order chi connectivity index (χ0) is 17.7. The van der Waals surface area contributed by atoms with Gasteiger partial charge in [0.05, 0.1) is 0 Å². The van der Waals surface area contributed by atoms with Crippen LogP contribution in [0, 0.1) is 5.92 Å². The Bertz CT molecular complexity index is 559. The molecule has 1 fully saturated rings. The van der Waals surface area contributed by atoms with E-state index in [0.717, 1.165) is 43.6 Å². The van der Waals surface area contributed by atoms with Crippen molar-refractivity contribution in [1.29, 1.82) is 0 Å². The molecule has 2 heterocycles. The molecule has 134 valence electrons. The SMILES string of the molecule is CN(Cc1ccnc(Br)c1)CC1CCCN(C(=O)OC(C)(C)C)C1. The Balaban J connectivity index is 1.84. The molecule has 0 N–H and O–H groups in total. The second-order valence-corrected chi connectivity index (χ2v) is 8.43. The van der Waals surface area contributed by atoms with Crippen molar-refractivity contribution >= 4 is 22.0 Å². The maximum absolute atomic E-state index is 12.3. The molecule has 0 radical (unpaired) electrons. The predicted octanol–water partition coefficient (Wildman–Crippen LogP) is 3.92. The van der Waals surface area contributed by atoms with Gasteiger partial charge >= 0.3 is 6.09 Å². The molecule has 24 heavy (non-hydrogen) atoms. The van der Waals surface area contributed by atoms with Crippen molar-refractivity contribution in [3.63, 3.8) is 0 Å². The van der Waals surface area contributed by atoms with Crippen LogP contribution in [0.5, 0.6) is 0 Å². The third-order valence-corrected chi connectivity index (χ3v) is 4.42. The lowest BCUT2D eigenvalue weighted by Crippen LogP contribution is -2.45. The molecule has 1 aliphatic rings. The monoisotopic (exact) mass is 397 g/mol. The number of amides is 1. The van der Waals surface area contributed by atoms with Crippen molar-refractivity contribution in [3.8, 4) is 0 Å². The number of ether oxygens (including phenoxy) is 1. The molecule has 5 nitrogen and oxygen atoms in total. The average molecular weight is 398 g/mol. The number of carbonyl (C=O) groups is 1. The topological polar surface area (TPSA) is 45.7 Å². The van der Waals surface area contributed by atoms with Crippen LogP contribution in [0.3, 0.4) is 0 Å². The highest BCUT2D eigenvalue weighted by molar-refractivity contribution is 9.10. The van der Waals surface area contributed by atoms with Crippen molar-refractivity contribution in [1.82, 2.24) is 14.8 Å². The zero-order valence-corrected chi connectivity index (χ0v) is 16.7. The molecule has 0 spiro atoms. The Hall–Kier alpha value is -1.14. The summed E-state index contributed by atoms with van der Waals surface area (Å²) in [7, 11) is 2.13. The Morgan fingerprint density at radius 3 is 2.92 bits per heavy atom. The van der Waals surface area contributed by atoms with Gasteiger partial charge in [-0.1, -0.05) is 0 Å². The van der Waals surface area contributed by atoms with Crippen LogP contribution in [-0.2, 0) is 11.3 Å². The van der Waals surface area contributed by atoms with Crippen LogP contribution in [0.15, 0.2) is 22.9 Å². The fourth-order valence-corrected chi connectivity index (χ4v) is 3.48. The molecular weight excluding hydrogens is 370 g/mol. The van der Waals surface area contributed by atoms with Gasteiger partial charge in [0, 0.05) is 32.4 Å². The third kappa shape index (κ3) is 6.40. The second-order valence-electron chi connectivity index (χ2n) is 7.62. The number of pyridine rings is 1. The first-order valence-corrected chi connectivity index (χ1v) is 9.29. The van der Waals surface area contributed by atoms with Crippen molar-refractivity contribution in [3.05, 3.63) is 28.5 Å². The summed E-state index contributed by atoms with van der Waals surface area (Å²) in [5.74, 6) is 0.488. The van der Waals surface area contributed by atoms with Crippen LogP contribution < -0.4 is 0 Å². The second kappa shape index (κ2) is 8.30. The molecule has 1 aliphatic heterocycles. The lowest BCUT2D eigenvalue weighted by Gasteiger charge is -2.35. The Morgan fingerprint density at radius 1 is 1.50 bits per heavy atom. The van der Waals surface area contributed by atoms with E-state index in [1.807, 2.05) is 44.0 Å². The van der Waals surface area contributed by atoms with Gasteiger partial charge in [-0.25, -0.2) is 9.78 Å². The molecule has 1 atom stereocenters. The number of hydrogen-bond donors (Lipinski definition) is 0. The average Bonchev–Trinajstić information content (AvgIpc) is 2.45. The summed E-state index contributed by atoms with van der Waals surface area (Å²) in [6.45, 7) is 9.15. The first-order chi connectivity index (χ1) is 11.2.